The Morgan fingerprint density at radius 2 is 1.92 bits per heavy atom. The Hall–Kier alpha value is -1.22. The van der Waals surface area contributed by atoms with Crippen LogP contribution in [0.4, 0.5) is 0 Å². The Bertz CT molecular complexity index is 680. The number of hydrogen-bond donors (Lipinski definition) is 2. The van der Waals surface area contributed by atoms with E-state index in [9.17, 15) is 0 Å². The number of aliphatic imine (C=N–C) groups is 1. The van der Waals surface area contributed by atoms with E-state index < -0.39 is 0 Å². The van der Waals surface area contributed by atoms with Crippen LogP contribution in [0.3, 0.4) is 0 Å². The molecule has 0 unspecified atom stereocenters. The van der Waals surface area contributed by atoms with Crippen molar-refractivity contribution in [2.75, 3.05) is 13.3 Å². The molecule has 2 N–H and O–H groups in total. The van der Waals surface area contributed by atoms with E-state index >= 15 is 0 Å². The average molecular weight is 460 g/mol. The molecule has 0 atom stereocenters. The van der Waals surface area contributed by atoms with Gasteiger partial charge in [0.05, 0.1) is 12.2 Å². The van der Waals surface area contributed by atoms with Gasteiger partial charge in [0.25, 0.3) is 0 Å². The number of aryl methyl sites for hydroxylation is 3. The molecule has 0 aliphatic carbocycles. The van der Waals surface area contributed by atoms with Gasteiger partial charge in [0.15, 0.2) is 5.96 Å². The molecule has 2 aromatic rings. The van der Waals surface area contributed by atoms with Crippen molar-refractivity contribution in [3.63, 3.8) is 0 Å². The molecule has 0 bridgehead atoms. The normalized spacial score (nSPS) is 11.1. The first-order chi connectivity index (χ1) is 11.0. The maximum Gasteiger partial charge on any atom is 0.214 e. The molecule has 2 rings (SSSR count). The molecule has 0 radical (unpaired) electrons. The Balaban J connectivity index is 0.00000288. The summed E-state index contributed by atoms with van der Waals surface area (Å²) in [6.45, 7) is 7.20. The second-order valence-corrected chi connectivity index (χ2v) is 6.19. The van der Waals surface area contributed by atoms with Gasteiger partial charge in [-0.1, -0.05) is 12.1 Å². The van der Waals surface area contributed by atoms with E-state index in [-0.39, 0.29) is 24.0 Å². The van der Waals surface area contributed by atoms with Gasteiger partial charge in [-0.2, -0.15) is 0 Å². The molecule has 0 fully saturated rings. The standard InChI is InChI=1S/C17H24N4OS.HI/c1-11-6-7-14(15(8-11)23-5)9-19-17(18-4)20-10-16-21-12(2)13(3)22-16;/h6-8H,9-10H2,1-5H3,(H2,18,19,20);1H. The maximum atomic E-state index is 5.56. The van der Waals surface area contributed by atoms with Gasteiger partial charge in [0.1, 0.15) is 5.76 Å². The second kappa shape index (κ2) is 9.93. The van der Waals surface area contributed by atoms with Gasteiger partial charge in [-0.25, -0.2) is 4.98 Å². The van der Waals surface area contributed by atoms with E-state index in [1.54, 1.807) is 18.8 Å². The molecule has 1 aromatic carbocycles. The first kappa shape index (κ1) is 20.8. The molecule has 0 saturated carbocycles. The molecule has 1 aromatic heterocycles. The first-order valence-corrected chi connectivity index (χ1v) is 8.77. The van der Waals surface area contributed by atoms with Crippen LogP contribution in [-0.4, -0.2) is 24.2 Å². The summed E-state index contributed by atoms with van der Waals surface area (Å²) in [5.41, 5.74) is 3.46. The van der Waals surface area contributed by atoms with E-state index in [2.05, 4.69) is 52.0 Å². The number of guanidine groups is 1. The summed E-state index contributed by atoms with van der Waals surface area (Å²) in [4.78, 5) is 9.88. The summed E-state index contributed by atoms with van der Waals surface area (Å²) in [6, 6.07) is 6.49. The van der Waals surface area contributed by atoms with Crippen molar-refractivity contribution in [3.8, 4) is 0 Å². The number of nitrogens with zero attached hydrogens (tertiary/aromatic N) is 2. The summed E-state index contributed by atoms with van der Waals surface area (Å²) in [6.07, 6.45) is 2.10. The SMILES string of the molecule is CN=C(NCc1nc(C)c(C)o1)NCc1ccc(C)cc1SC.I. The van der Waals surface area contributed by atoms with Crippen molar-refractivity contribution in [2.45, 2.75) is 38.8 Å². The third kappa shape index (κ3) is 5.70. The Labute approximate surface area is 165 Å². The third-order valence-corrected chi connectivity index (χ3v) is 4.41. The molecular formula is C17H25IN4OS. The van der Waals surface area contributed by atoms with Crippen molar-refractivity contribution in [1.82, 2.24) is 15.6 Å². The maximum absolute atomic E-state index is 5.56. The van der Waals surface area contributed by atoms with Crippen molar-refractivity contribution in [1.29, 1.82) is 0 Å². The van der Waals surface area contributed by atoms with E-state index in [0.29, 0.717) is 12.4 Å². The van der Waals surface area contributed by atoms with Gasteiger partial charge in [-0.15, -0.1) is 35.7 Å². The zero-order valence-corrected chi connectivity index (χ0v) is 17.9. The monoisotopic (exact) mass is 460 g/mol. The third-order valence-electron chi connectivity index (χ3n) is 3.59. The van der Waals surface area contributed by atoms with Crippen LogP contribution in [0, 0.1) is 20.8 Å². The molecule has 0 saturated heterocycles. The fourth-order valence-electron chi connectivity index (χ4n) is 2.17. The Morgan fingerprint density at radius 3 is 2.50 bits per heavy atom. The lowest BCUT2D eigenvalue weighted by Gasteiger charge is -2.13. The highest BCUT2D eigenvalue weighted by atomic mass is 127. The fourth-order valence-corrected chi connectivity index (χ4v) is 2.88. The largest absolute Gasteiger partial charge is 0.444 e. The fraction of sp³-hybridized carbons (Fsp3) is 0.412. The van der Waals surface area contributed by atoms with Crippen LogP contribution in [0.5, 0.6) is 0 Å². The molecule has 0 spiro atoms. The van der Waals surface area contributed by atoms with Crippen LogP contribution in [0.1, 0.15) is 28.5 Å². The van der Waals surface area contributed by atoms with Crippen LogP contribution < -0.4 is 10.6 Å². The smallest absolute Gasteiger partial charge is 0.214 e. The number of thioether (sulfide) groups is 1. The van der Waals surface area contributed by atoms with Crippen LogP contribution in [0.25, 0.3) is 0 Å². The van der Waals surface area contributed by atoms with Crippen LogP contribution in [0.15, 0.2) is 32.5 Å². The van der Waals surface area contributed by atoms with Gasteiger partial charge < -0.3 is 15.1 Å². The lowest BCUT2D eigenvalue weighted by molar-refractivity contribution is 0.463. The van der Waals surface area contributed by atoms with Crippen molar-refractivity contribution in [3.05, 3.63) is 46.7 Å². The number of oxazole rings is 1. The summed E-state index contributed by atoms with van der Waals surface area (Å²) in [5.74, 6) is 2.25. The summed E-state index contributed by atoms with van der Waals surface area (Å²) in [5, 5.41) is 6.55. The Kier molecular flexibility index (Phi) is 8.61. The highest BCUT2D eigenvalue weighted by molar-refractivity contribution is 14.0. The molecule has 0 amide bonds. The number of benzene rings is 1. The Morgan fingerprint density at radius 1 is 1.21 bits per heavy atom. The molecule has 1 heterocycles. The second-order valence-electron chi connectivity index (χ2n) is 5.34. The number of aromatic nitrogens is 1. The number of halogens is 1. The molecule has 5 nitrogen and oxygen atoms in total. The van der Waals surface area contributed by atoms with Gasteiger partial charge in [-0.3, -0.25) is 4.99 Å². The van der Waals surface area contributed by atoms with Crippen LogP contribution >= 0.6 is 35.7 Å². The topological polar surface area (TPSA) is 62.5 Å². The highest BCUT2D eigenvalue weighted by Crippen LogP contribution is 2.21. The average Bonchev–Trinajstić information content (AvgIpc) is 2.86. The van der Waals surface area contributed by atoms with E-state index in [1.807, 2.05) is 13.8 Å². The van der Waals surface area contributed by atoms with Crippen LogP contribution in [-0.2, 0) is 13.1 Å². The quantitative estimate of drug-likeness (QED) is 0.308. The molecule has 0 aliphatic rings. The van der Waals surface area contributed by atoms with Crippen LogP contribution in [0.2, 0.25) is 0 Å². The minimum Gasteiger partial charge on any atom is -0.444 e. The van der Waals surface area contributed by atoms with Crippen molar-refractivity contribution in [2.24, 2.45) is 4.99 Å². The van der Waals surface area contributed by atoms with Crippen molar-refractivity contribution >= 4 is 41.7 Å². The zero-order valence-electron chi connectivity index (χ0n) is 14.8. The van der Waals surface area contributed by atoms with E-state index in [4.69, 9.17) is 4.42 Å². The summed E-state index contributed by atoms with van der Waals surface area (Å²) < 4.78 is 5.56. The van der Waals surface area contributed by atoms with Gasteiger partial charge in [0.2, 0.25) is 5.89 Å². The molecule has 24 heavy (non-hydrogen) atoms. The molecule has 7 heteroatoms. The lowest BCUT2D eigenvalue weighted by atomic mass is 10.1. The summed E-state index contributed by atoms with van der Waals surface area (Å²) in [7, 11) is 1.76. The van der Waals surface area contributed by atoms with E-state index in [1.165, 1.54) is 16.0 Å². The van der Waals surface area contributed by atoms with E-state index in [0.717, 1.165) is 24.0 Å². The predicted octanol–water partition coefficient (Wildman–Crippen LogP) is 3.80. The van der Waals surface area contributed by atoms with Crippen molar-refractivity contribution < 1.29 is 4.42 Å². The highest BCUT2D eigenvalue weighted by Gasteiger charge is 2.07. The number of hydrogen-bond acceptors (Lipinski definition) is 4. The van der Waals surface area contributed by atoms with Gasteiger partial charge >= 0.3 is 0 Å². The first-order valence-electron chi connectivity index (χ1n) is 7.54. The summed E-state index contributed by atoms with van der Waals surface area (Å²) >= 11 is 1.76. The lowest BCUT2D eigenvalue weighted by Crippen LogP contribution is -2.36. The molecule has 0 aliphatic heterocycles. The minimum absolute atomic E-state index is 0. The number of nitrogens with one attached hydrogen (secondary N) is 2. The number of rotatable bonds is 5. The van der Waals surface area contributed by atoms with Gasteiger partial charge in [0, 0.05) is 18.5 Å². The van der Waals surface area contributed by atoms with Gasteiger partial charge in [-0.05, 0) is 44.2 Å². The predicted molar refractivity (Wildman–Crippen MR) is 111 cm³/mol. The molecular weight excluding hydrogens is 435 g/mol. The molecule has 132 valence electrons. The minimum atomic E-state index is 0. The zero-order chi connectivity index (χ0) is 16.8.